The molecule has 4 nitrogen and oxygen atoms in total. The summed E-state index contributed by atoms with van der Waals surface area (Å²) in [5.74, 6) is 3.04. The van der Waals surface area contributed by atoms with Crippen molar-refractivity contribution in [2.24, 2.45) is 34.6 Å². The van der Waals surface area contributed by atoms with Gasteiger partial charge < -0.3 is 10.2 Å². The third-order valence-electron chi connectivity index (χ3n) is 15.3. The van der Waals surface area contributed by atoms with Crippen molar-refractivity contribution >= 4 is 34.1 Å². The number of para-hydroxylation sites is 1. The number of anilines is 1. The number of nitrogens with zero attached hydrogens (tertiary/aromatic N) is 3. The fourth-order valence-electron chi connectivity index (χ4n) is 12.7. The van der Waals surface area contributed by atoms with Gasteiger partial charge in [-0.15, -0.1) is 0 Å². The molecule has 302 valence electrons. The quantitative estimate of drug-likeness (QED) is 0.180. The van der Waals surface area contributed by atoms with Crippen LogP contribution < -0.4 is 10.2 Å². The number of amidine groups is 1. The highest BCUT2D eigenvalue weighted by atomic mass is 15.3. The summed E-state index contributed by atoms with van der Waals surface area (Å²) >= 11 is 0. The molecule has 5 aromatic rings. The van der Waals surface area contributed by atoms with Gasteiger partial charge >= 0.3 is 0 Å². The summed E-state index contributed by atoms with van der Waals surface area (Å²) in [7, 11) is 0. The molecular weight excluding hydrogens is 753 g/mol. The van der Waals surface area contributed by atoms with Crippen LogP contribution in [0, 0.1) is 29.6 Å². The van der Waals surface area contributed by atoms with Gasteiger partial charge in [0.15, 0.2) is 0 Å². The van der Waals surface area contributed by atoms with Gasteiger partial charge in [-0.2, -0.15) is 0 Å². The summed E-state index contributed by atoms with van der Waals surface area (Å²) in [5, 5.41) is 6.36. The van der Waals surface area contributed by atoms with Crippen LogP contribution in [-0.4, -0.2) is 22.8 Å². The van der Waals surface area contributed by atoms with Crippen LogP contribution >= 0.6 is 0 Å². The molecule has 1 N–H and O–H groups in total. The van der Waals surface area contributed by atoms with Crippen molar-refractivity contribution in [3.63, 3.8) is 0 Å². The lowest BCUT2D eigenvalue weighted by molar-refractivity contribution is 0.0626. The molecule has 1 fully saturated rings. The second-order valence-corrected chi connectivity index (χ2v) is 18.4. The van der Waals surface area contributed by atoms with Gasteiger partial charge in [-0.05, 0) is 76.9 Å². The molecule has 0 radical (unpaired) electrons. The molecule has 0 spiro atoms. The van der Waals surface area contributed by atoms with Crippen LogP contribution in [0.5, 0.6) is 0 Å². The lowest BCUT2D eigenvalue weighted by Crippen LogP contribution is -2.50. The third kappa shape index (κ3) is 5.59. The topological polar surface area (TPSA) is 30.9 Å². The first kappa shape index (κ1) is 36.2. The van der Waals surface area contributed by atoms with Gasteiger partial charge in [-0.25, -0.2) is 0 Å². The lowest BCUT2D eigenvalue weighted by atomic mass is 9.70. The van der Waals surface area contributed by atoms with Crippen LogP contribution in [0.15, 0.2) is 210 Å². The Morgan fingerprint density at radius 3 is 2.45 bits per heavy atom. The lowest BCUT2D eigenvalue weighted by Gasteiger charge is -2.48. The van der Waals surface area contributed by atoms with E-state index in [1.165, 1.54) is 62.1 Å². The summed E-state index contributed by atoms with van der Waals surface area (Å²) in [5.41, 5.74) is 13.0. The molecule has 8 aliphatic rings. The Morgan fingerprint density at radius 1 is 0.661 bits per heavy atom. The van der Waals surface area contributed by atoms with E-state index in [-0.39, 0.29) is 18.0 Å². The zero-order chi connectivity index (χ0) is 40.7. The average molecular weight is 803 g/mol. The van der Waals surface area contributed by atoms with Crippen molar-refractivity contribution in [1.82, 2.24) is 10.2 Å². The highest BCUT2D eigenvalue weighted by molar-refractivity contribution is 6.13. The number of hydrogen-bond donors (Lipinski definition) is 1. The molecule has 4 heteroatoms. The van der Waals surface area contributed by atoms with Crippen LogP contribution in [0.3, 0.4) is 0 Å². The molecule has 3 heterocycles. The Morgan fingerprint density at radius 2 is 1.48 bits per heavy atom. The Kier molecular flexibility index (Phi) is 8.50. The number of rotatable bonds is 5. The maximum Gasteiger partial charge on any atom is 0.134 e. The fourth-order valence-corrected chi connectivity index (χ4v) is 12.7. The van der Waals surface area contributed by atoms with Gasteiger partial charge in [0.25, 0.3) is 0 Å². The zero-order valence-corrected chi connectivity index (χ0v) is 34.8. The summed E-state index contributed by atoms with van der Waals surface area (Å²) in [6.07, 6.45) is 34.0. The van der Waals surface area contributed by atoms with Crippen LogP contribution in [-0.2, 0) is 0 Å². The van der Waals surface area contributed by atoms with Crippen LogP contribution in [0.1, 0.15) is 65.6 Å². The summed E-state index contributed by atoms with van der Waals surface area (Å²) < 4.78 is 0. The Labute approximate surface area is 365 Å². The molecule has 3 aliphatic heterocycles. The molecule has 0 saturated carbocycles. The van der Waals surface area contributed by atoms with Crippen LogP contribution in [0.2, 0.25) is 0 Å². The van der Waals surface area contributed by atoms with Crippen LogP contribution in [0.4, 0.5) is 5.69 Å². The largest absolute Gasteiger partial charge is 0.340 e. The third-order valence-corrected chi connectivity index (χ3v) is 15.3. The molecule has 1 saturated heterocycles. The zero-order valence-electron chi connectivity index (χ0n) is 34.8. The van der Waals surface area contributed by atoms with Crippen molar-refractivity contribution in [3.8, 4) is 0 Å². The van der Waals surface area contributed by atoms with E-state index in [2.05, 4.69) is 209 Å². The number of fused-ring (bicyclic) bond motifs is 9. The molecule has 9 unspecified atom stereocenters. The number of allylic oxidation sites excluding steroid dienone is 8. The highest BCUT2D eigenvalue weighted by Gasteiger charge is 2.58. The maximum absolute atomic E-state index is 5.44. The standard InChI is InChI=1S/C58H50N4/c1-2-19-39(20-3-1)49-36-50(60-58(59-49)46-29-16-22-37-17-4-7-23-41(37)46)47-27-11-14-31-52(47)61-53-32-15-12-28-48(53)55-54(61)35-40-21-6-9-25-43(40)57(55)62-51-30-13-10-26-44(51)45-34-33-38-18-5-8-24-42(38)56(45)62/h1-12,14,16-29,31,33-36,38,42,44-45,49,51,55-57H,13,15,30,32H2,(H,59,60). The molecule has 0 aromatic heterocycles. The van der Waals surface area contributed by atoms with Gasteiger partial charge in [0, 0.05) is 75.9 Å². The van der Waals surface area contributed by atoms with Crippen molar-refractivity contribution < 1.29 is 0 Å². The first-order valence-electron chi connectivity index (χ1n) is 23.0. The molecule has 0 bridgehead atoms. The van der Waals surface area contributed by atoms with Crippen molar-refractivity contribution in [1.29, 1.82) is 0 Å². The van der Waals surface area contributed by atoms with E-state index in [4.69, 9.17) is 4.99 Å². The van der Waals surface area contributed by atoms with Gasteiger partial charge in [-0.1, -0.05) is 176 Å². The number of likely N-dealkylation sites (tertiary alicyclic amines) is 1. The monoisotopic (exact) mass is 802 g/mol. The number of hydrogen-bond acceptors (Lipinski definition) is 4. The van der Waals surface area contributed by atoms with Gasteiger partial charge in [0.1, 0.15) is 5.84 Å². The molecular formula is C58H50N4. The molecule has 9 atom stereocenters. The number of benzene rings is 5. The predicted molar refractivity (Wildman–Crippen MR) is 255 cm³/mol. The second-order valence-electron chi connectivity index (χ2n) is 18.4. The fraction of sp³-hybridized carbons (Fsp3) is 0.224. The van der Waals surface area contributed by atoms with E-state index in [0.717, 1.165) is 36.4 Å². The van der Waals surface area contributed by atoms with E-state index in [0.29, 0.717) is 35.8 Å². The van der Waals surface area contributed by atoms with Crippen molar-refractivity contribution in [3.05, 3.63) is 233 Å². The number of nitrogens with one attached hydrogen (secondary N) is 1. The van der Waals surface area contributed by atoms with Gasteiger partial charge in [-0.3, -0.25) is 9.89 Å². The van der Waals surface area contributed by atoms with E-state index in [9.17, 15) is 0 Å². The molecule has 5 aromatic carbocycles. The van der Waals surface area contributed by atoms with Gasteiger partial charge in [0.2, 0.25) is 0 Å². The van der Waals surface area contributed by atoms with E-state index in [1.807, 2.05) is 0 Å². The Hall–Kier alpha value is -6.49. The molecule has 5 aliphatic carbocycles. The Bertz CT molecular complexity index is 2910. The second kappa shape index (κ2) is 14.6. The predicted octanol–water partition coefficient (Wildman–Crippen LogP) is 12.7. The Balaban J connectivity index is 0.968. The number of aliphatic imine (C=N–C) groups is 1. The first-order valence-corrected chi connectivity index (χ1v) is 23.0. The minimum absolute atomic E-state index is 0.143. The summed E-state index contributed by atoms with van der Waals surface area (Å²) in [6, 6.07) is 45.5. The molecule has 62 heavy (non-hydrogen) atoms. The minimum atomic E-state index is -0.143. The van der Waals surface area contributed by atoms with E-state index >= 15 is 0 Å². The van der Waals surface area contributed by atoms with E-state index in [1.54, 1.807) is 0 Å². The maximum atomic E-state index is 5.44. The first-order chi connectivity index (χ1) is 30.8. The highest BCUT2D eigenvalue weighted by Crippen LogP contribution is 2.60. The smallest absolute Gasteiger partial charge is 0.134 e. The summed E-state index contributed by atoms with van der Waals surface area (Å²) in [6.45, 7) is 0. The molecule has 0 amide bonds. The minimum Gasteiger partial charge on any atom is -0.340 e. The van der Waals surface area contributed by atoms with Gasteiger partial charge in [0.05, 0.1) is 11.7 Å². The molecule has 13 rings (SSSR count). The normalized spacial score (nSPS) is 30.1. The average Bonchev–Trinajstić information content (AvgIpc) is 3.86. The SMILES string of the molecule is C1=CC2C=CC3C4C=CCCC4N(C4c5ccccc5C=C5C4C4=C(CCC=C4)N5c4ccccc4C4=CC(c5ccccc5)N=C(c5cccc6ccccc56)N4)C3C2C=C1. The van der Waals surface area contributed by atoms with Crippen LogP contribution in [0.25, 0.3) is 22.5 Å². The van der Waals surface area contributed by atoms with Crippen molar-refractivity contribution in [2.45, 2.75) is 49.9 Å². The summed E-state index contributed by atoms with van der Waals surface area (Å²) in [4.78, 5) is 11.2. The van der Waals surface area contributed by atoms with Crippen molar-refractivity contribution in [2.75, 3.05) is 4.90 Å². The van der Waals surface area contributed by atoms with E-state index < -0.39 is 0 Å².